The van der Waals surface area contributed by atoms with E-state index in [1.807, 2.05) is 0 Å². The van der Waals surface area contributed by atoms with E-state index in [-0.39, 0.29) is 0 Å². The Balaban J connectivity index is 1.45. The van der Waals surface area contributed by atoms with E-state index in [2.05, 4.69) is 120 Å². The van der Waals surface area contributed by atoms with E-state index >= 15 is 0 Å². The molecule has 2 bridgehead atoms. The van der Waals surface area contributed by atoms with Gasteiger partial charge >= 0.3 is 0 Å². The normalized spacial score (nSPS) is 18.2. The second kappa shape index (κ2) is 7.88. The topological polar surface area (TPSA) is 3.24 Å². The molecule has 2 atom stereocenters. The highest BCUT2D eigenvalue weighted by atomic mass is 15.1. The number of para-hydroxylation sites is 2. The summed E-state index contributed by atoms with van der Waals surface area (Å²) in [5, 5.41) is 2.54. The number of nitrogens with zero attached hydrogens (tertiary/aromatic N) is 1. The zero-order valence-corrected chi connectivity index (χ0v) is 19.2. The van der Waals surface area contributed by atoms with Crippen molar-refractivity contribution >= 4 is 27.8 Å². The minimum atomic E-state index is 0.769. The third-order valence-corrected chi connectivity index (χ3v) is 7.84. The number of fused-ring (bicyclic) bond motifs is 6. The molecule has 2 unspecified atom stereocenters. The third-order valence-electron chi connectivity index (χ3n) is 7.84. The third kappa shape index (κ3) is 3.15. The quantitative estimate of drug-likeness (QED) is 0.271. The molecule has 5 aromatic carbocycles. The van der Waals surface area contributed by atoms with Gasteiger partial charge < -0.3 is 4.90 Å². The Labute approximate surface area is 201 Å². The maximum Gasteiger partial charge on any atom is 0.0546 e. The first-order valence-corrected chi connectivity index (χ1v) is 12.4. The van der Waals surface area contributed by atoms with Crippen molar-refractivity contribution in [2.45, 2.75) is 31.1 Å². The molecule has 1 fully saturated rings. The molecule has 34 heavy (non-hydrogen) atoms. The average Bonchev–Trinajstić information content (AvgIpc) is 3.53. The summed E-state index contributed by atoms with van der Waals surface area (Å²) in [5.74, 6) is 1.57. The van der Waals surface area contributed by atoms with Crippen LogP contribution in [-0.2, 0) is 0 Å². The molecule has 0 aliphatic heterocycles. The standard InChI is InChI=1S/C33H27N/c1-3-10-28(11-4-1)34(29-12-5-2-6-13-29)33-22-27(20-24-9-7-8-14-31(24)33)23-17-18-30-25-15-16-26(19-25)32(30)21-23/h1-14,17-18,20-22,25-26H,15-16,19H2. The highest BCUT2D eigenvalue weighted by molar-refractivity contribution is 6.02. The van der Waals surface area contributed by atoms with Crippen LogP contribution in [0.3, 0.4) is 0 Å². The lowest BCUT2D eigenvalue weighted by atomic mass is 9.88. The largest absolute Gasteiger partial charge is 0.310 e. The fraction of sp³-hybridized carbons (Fsp3) is 0.152. The van der Waals surface area contributed by atoms with Gasteiger partial charge in [0.05, 0.1) is 5.69 Å². The molecule has 1 nitrogen and oxygen atoms in total. The van der Waals surface area contributed by atoms with Crippen LogP contribution in [0, 0.1) is 0 Å². The van der Waals surface area contributed by atoms with Crippen LogP contribution in [-0.4, -0.2) is 0 Å². The van der Waals surface area contributed by atoms with Gasteiger partial charge in [0, 0.05) is 16.8 Å². The molecule has 1 saturated carbocycles. The van der Waals surface area contributed by atoms with E-state index in [0.29, 0.717) is 0 Å². The van der Waals surface area contributed by atoms with Gasteiger partial charge in [0.25, 0.3) is 0 Å². The Morgan fingerprint density at radius 1 is 0.529 bits per heavy atom. The Kier molecular flexibility index (Phi) is 4.55. The summed E-state index contributed by atoms with van der Waals surface area (Å²) in [5.41, 5.74) is 9.38. The Hall–Kier alpha value is -3.84. The molecule has 164 valence electrons. The molecular formula is C33H27N. The molecule has 0 N–H and O–H groups in total. The van der Waals surface area contributed by atoms with Gasteiger partial charge in [-0.1, -0.05) is 78.9 Å². The molecule has 0 aromatic heterocycles. The first kappa shape index (κ1) is 19.6. The number of hydrogen-bond acceptors (Lipinski definition) is 1. The summed E-state index contributed by atoms with van der Waals surface area (Å²) < 4.78 is 0. The molecule has 0 heterocycles. The van der Waals surface area contributed by atoms with Crippen molar-refractivity contribution in [2.75, 3.05) is 4.90 Å². The van der Waals surface area contributed by atoms with Crippen molar-refractivity contribution < 1.29 is 0 Å². The second-order valence-electron chi connectivity index (χ2n) is 9.77. The Morgan fingerprint density at radius 3 is 1.91 bits per heavy atom. The molecule has 1 heteroatoms. The number of hydrogen-bond donors (Lipinski definition) is 0. The molecule has 5 aromatic rings. The lowest BCUT2D eigenvalue weighted by molar-refractivity contribution is 0.718. The summed E-state index contributed by atoms with van der Waals surface area (Å²) in [6.07, 6.45) is 4.09. The van der Waals surface area contributed by atoms with Gasteiger partial charge in [-0.05, 0) is 95.1 Å². The van der Waals surface area contributed by atoms with Crippen molar-refractivity contribution in [2.24, 2.45) is 0 Å². The van der Waals surface area contributed by atoms with Crippen LogP contribution >= 0.6 is 0 Å². The van der Waals surface area contributed by atoms with Crippen LogP contribution < -0.4 is 4.90 Å². The highest BCUT2D eigenvalue weighted by Gasteiger charge is 2.36. The van der Waals surface area contributed by atoms with Crippen molar-refractivity contribution in [1.82, 2.24) is 0 Å². The van der Waals surface area contributed by atoms with Crippen molar-refractivity contribution in [3.8, 4) is 11.1 Å². The minimum absolute atomic E-state index is 0.769. The van der Waals surface area contributed by atoms with Crippen molar-refractivity contribution in [1.29, 1.82) is 0 Å². The zero-order valence-electron chi connectivity index (χ0n) is 19.2. The van der Waals surface area contributed by atoms with Gasteiger partial charge in [-0.25, -0.2) is 0 Å². The molecule has 2 aliphatic carbocycles. The van der Waals surface area contributed by atoms with Crippen LogP contribution in [0.25, 0.3) is 21.9 Å². The fourth-order valence-electron chi connectivity index (χ4n) is 6.25. The summed E-state index contributed by atoms with van der Waals surface area (Å²) in [4.78, 5) is 2.39. The number of rotatable bonds is 4. The van der Waals surface area contributed by atoms with Gasteiger partial charge in [-0.3, -0.25) is 0 Å². The lowest BCUT2D eigenvalue weighted by Gasteiger charge is -2.27. The smallest absolute Gasteiger partial charge is 0.0546 e. The van der Waals surface area contributed by atoms with E-state index in [0.717, 1.165) is 11.8 Å². The second-order valence-corrected chi connectivity index (χ2v) is 9.77. The minimum Gasteiger partial charge on any atom is -0.310 e. The average molecular weight is 438 g/mol. The van der Waals surface area contributed by atoms with E-state index in [9.17, 15) is 0 Å². The Bertz CT molecular complexity index is 1450. The van der Waals surface area contributed by atoms with Crippen molar-refractivity contribution in [3.63, 3.8) is 0 Å². The van der Waals surface area contributed by atoms with Gasteiger partial charge in [0.2, 0.25) is 0 Å². The lowest BCUT2D eigenvalue weighted by Crippen LogP contribution is -2.10. The zero-order chi connectivity index (χ0) is 22.5. The Morgan fingerprint density at radius 2 is 1.18 bits per heavy atom. The van der Waals surface area contributed by atoms with Crippen LogP contribution in [0.1, 0.15) is 42.2 Å². The molecule has 2 aliphatic rings. The first-order valence-electron chi connectivity index (χ1n) is 12.4. The number of benzene rings is 5. The summed E-state index contributed by atoms with van der Waals surface area (Å²) in [6, 6.07) is 42.2. The van der Waals surface area contributed by atoms with Gasteiger partial charge in [0.15, 0.2) is 0 Å². The van der Waals surface area contributed by atoms with Gasteiger partial charge in [0.1, 0.15) is 0 Å². The van der Waals surface area contributed by atoms with Gasteiger partial charge in [-0.2, -0.15) is 0 Å². The predicted octanol–water partition coefficient (Wildman–Crippen LogP) is 9.34. The first-order chi connectivity index (χ1) is 16.8. The van der Waals surface area contributed by atoms with Crippen molar-refractivity contribution in [3.05, 3.63) is 126 Å². The van der Waals surface area contributed by atoms with Crippen LogP contribution in [0.4, 0.5) is 17.1 Å². The van der Waals surface area contributed by atoms with Crippen LogP contribution in [0.5, 0.6) is 0 Å². The monoisotopic (exact) mass is 437 g/mol. The van der Waals surface area contributed by atoms with E-state index in [1.54, 1.807) is 11.1 Å². The molecule has 0 spiro atoms. The molecule has 0 saturated heterocycles. The predicted molar refractivity (Wildman–Crippen MR) is 143 cm³/mol. The summed E-state index contributed by atoms with van der Waals surface area (Å²) >= 11 is 0. The molecular weight excluding hydrogens is 410 g/mol. The highest BCUT2D eigenvalue weighted by Crippen LogP contribution is 2.54. The van der Waals surface area contributed by atoms with Crippen LogP contribution in [0.2, 0.25) is 0 Å². The van der Waals surface area contributed by atoms with Gasteiger partial charge in [-0.15, -0.1) is 0 Å². The SMILES string of the molecule is c1ccc(N(c2ccccc2)c2cc(-c3ccc4c(c3)C3CCC4C3)cc3ccccc23)cc1. The summed E-state index contributed by atoms with van der Waals surface area (Å²) in [7, 11) is 0. The van der Waals surface area contributed by atoms with E-state index in [4.69, 9.17) is 0 Å². The maximum absolute atomic E-state index is 2.49. The summed E-state index contributed by atoms with van der Waals surface area (Å²) in [6.45, 7) is 0. The number of anilines is 3. The van der Waals surface area contributed by atoms with E-state index in [1.165, 1.54) is 58.2 Å². The van der Waals surface area contributed by atoms with E-state index < -0.39 is 0 Å². The van der Waals surface area contributed by atoms with Crippen LogP contribution in [0.15, 0.2) is 115 Å². The maximum atomic E-state index is 2.49. The molecule has 7 rings (SSSR count). The fourth-order valence-corrected chi connectivity index (χ4v) is 6.25. The molecule has 0 radical (unpaired) electrons. The molecule has 0 amide bonds.